The predicted molar refractivity (Wildman–Crippen MR) is 58.2 cm³/mol. The number of aryl methyl sites for hydroxylation is 1. The van der Waals surface area contributed by atoms with Crippen LogP contribution >= 0.6 is 15.9 Å². The molecule has 0 fully saturated rings. The summed E-state index contributed by atoms with van der Waals surface area (Å²) in [6.07, 6.45) is 5.20. The molecule has 2 heterocycles. The quantitative estimate of drug-likeness (QED) is 0.844. The molecular weight excluding hydrogens is 244 g/mol. The molecule has 0 saturated carbocycles. The molecule has 0 aromatic carbocycles. The lowest BCUT2D eigenvalue weighted by atomic mass is 10.3. The van der Waals surface area contributed by atoms with Crippen LogP contribution in [-0.4, -0.2) is 14.8 Å². The molecule has 0 aliphatic heterocycles. The van der Waals surface area contributed by atoms with E-state index in [0.717, 1.165) is 15.9 Å². The highest BCUT2D eigenvalue weighted by Gasteiger charge is 2.04. The van der Waals surface area contributed by atoms with Crippen LogP contribution in [0.25, 0.3) is 5.82 Å². The van der Waals surface area contributed by atoms with E-state index >= 15 is 0 Å². The largest absolute Gasteiger partial charge is 0.397 e. The summed E-state index contributed by atoms with van der Waals surface area (Å²) in [5.74, 6) is 0.796. The van der Waals surface area contributed by atoms with E-state index in [0.29, 0.717) is 5.69 Å². The second kappa shape index (κ2) is 3.42. The summed E-state index contributed by atoms with van der Waals surface area (Å²) in [4.78, 5) is 4.22. The van der Waals surface area contributed by atoms with Gasteiger partial charge in [-0.1, -0.05) is 0 Å². The number of hydrogen-bond donors (Lipinski definition) is 1. The van der Waals surface area contributed by atoms with Crippen LogP contribution in [0, 0.1) is 6.92 Å². The summed E-state index contributed by atoms with van der Waals surface area (Å²) in [5, 5.41) is 4.14. The summed E-state index contributed by atoms with van der Waals surface area (Å²) in [5.41, 5.74) is 7.27. The monoisotopic (exact) mass is 252 g/mol. The van der Waals surface area contributed by atoms with E-state index in [-0.39, 0.29) is 0 Å². The molecule has 2 rings (SSSR count). The zero-order valence-corrected chi connectivity index (χ0v) is 9.19. The molecule has 0 saturated heterocycles. The lowest BCUT2D eigenvalue weighted by Crippen LogP contribution is -2.01. The Morgan fingerprint density at radius 3 is 2.79 bits per heavy atom. The van der Waals surface area contributed by atoms with Crippen molar-refractivity contribution in [2.45, 2.75) is 6.92 Å². The minimum atomic E-state index is 0.664. The maximum Gasteiger partial charge on any atom is 0.156 e. The van der Waals surface area contributed by atoms with E-state index in [2.05, 4.69) is 26.0 Å². The Morgan fingerprint density at radius 1 is 1.43 bits per heavy atom. The van der Waals surface area contributed by atoms with Gasteiger partial charge in [-0.15, -0.1) is 0 Å². The SMILES string of the molecule is Cc1cc(N)cnc1-n1cc(Br)cn1. The maximum atomic E-state index is 5.61. The molecule has 0 bridgehead atoms. The Labute approximate surface area is 89.9 Å². The highest BCUT2D eigenvalue weighted by molar-refractivity contribution is 9.10. The minimum Gasteiger partial charge on any atom is -0.397 e. The van der Waals surface area contributed by atoms with Gasteiger partial charge < -0.3 is 5.73 Å². The van der Waals surface area contributed by atoms with Crippen molar-refractivity contribution < 1.29 is 0 Å². The number of nitrogens with zero attached hydrogens (tertiary/aromatic N) is 3. The summed E-state index contributed by atoms with van der Waals surface area (Å²) in [7, 11) is 0. The van der Waals surface area contributed by atoms with E-state index in [1.165, 1.54) is 0 Å². The topological polar surface area (TPSA) is 56.7 Å². The Bertz CT molecular complexity index is 464. The average Bonchev–Trinajstić information content (AvgIpc) is 2.51. The normalized spacial score (nSPS) is 10.4. The molecular formula is C9H9BrN4. The van der Waals surface area contributed by atoms with Gasteiger partial charge in [0.15, 0.2) is 5.82 Å². The van der Waals surface area contributed by atoms with Gasteiger partial charge in [0, 0.05) is 6.20 Å². The van der Waals surface area contributed by atoms with Crippen LogP contribution in [0.3, 0.4) is 0 Å². The summed E-state index contributed by atoms with van der Waals surface area (Å²) in [6, 6.07) is 1.87. The molecule has 2 aromatic rings. The van der Waals surface area contributed by atoms with Gasteiger partial charge in [0.2, 0.25) is 0 Å². The van der Waals surface area contributed by atoms with Crippen molar-refractivity contribution >= 4 is 21.6 Å². The third kappa shape index (κ3) is 1.63. The van der Waals surface area contributed by atoms with Crippen LogP contribution < -0.4 is 5.73 Å². The molecule has 0 aliphatic carbocycles. The van der Waals surface area contributed by atoms with Crippen molar-refractivity contribution in [2.24, 2.45) is 0 Å². The van der Waals surface area contributed by atoms with Crippen molar-refractivity contribution in [3.63, 3.8) is 0 Å². The number of pyridine rings is 1. The number of halogens is 1. The molecule has 0 aliphatic rings. The molecule has 5 heteroatoms. The lowest BCUT2D eigenvalue weighted by Gasteiger charge is -2.04. The summed E-state index contributed by atoms with van der Waals surface area (Å²) >= 11 is 3.33. The highest BCUT2D eigenvalue weighted by Crippen LogP contribution is 2.15. The Hall–Kier alpha value is -1.36. The van der Waals surface area contributed by atoms with E-state index < -0.39 is 0 Å². The third-order valence-electron chi connectivity index (χ3n) is 1.84. The molecule has 2 aromatic heterocycles. The first kappa shape index (κ1) is 9.21. The first-order chi connectivity index (χ1) is 6.66. The number of hydrogen-bond acceptors (Lipinski definition) is 3. The van der Waals surface area contributed by atoms with Gasteiger partial charge in [-0.05, 0) is 34.5 Å². The van der Waals surface area contributed by atoms with Gasteiger partial charge in [-0.3, -0.25) is 0 Å². The average molecular weight is 253 g/mol. The first-order valence-electron chi connectivity index (χ1n) is 4.09. The van der Waals surface area contributed by atoms with E-state index in [9.17, 15) is 0 Å². The zero-order valence-electron chi connectivity index (χ0n) is 7.61. The van der Waals surface area contributed by atoms with Crippen LogP contribution in [0.5, 0.6) is 0 Å². The van der Waals surface area contributed by atoms with Crippen LogP contribution in [0.1, 0.15) is 5.56 Å². The molecule has 0 spiro atoms. The van der Waals surface area contributed by atoms with E-state index in [1.54, 1.807) is 17.1 Å². The van der Waals surface area contributed by atoms with Crippen molar-refractivity contribution in [3.8, 4) is 5.82 Å². The number of aromatic nitrogens is 3. The number of nitrogens with two attached hydrogens (primary N) is 1. The van der Waals surface area contributed by atoms with Crippen LogP contribution in [0.4, 0.5) is 5.69 Å². The second-order valence-electron chi connectivity index (χ2n) is 3.01. The Balaban J connectivity index is 2.52. The molecule has 0 amide bonds. The van der Waals surface area contributed by atoms with E-state index in [4.69, 9.17) is 5.73 Å². The predicted octanol–water partition coefficient (Wildman–Crippen LogP) is 1.92. The Morgan fingerprint density at radius 2 is 2.21 bits per heavy atom. The fraction of sp³-hybridized carbons (Fsp3) is 0.111. The number of anilines is 1. The summed E-state index contributed by atoms with van der Waals surface area (Å²) in [6.45, 7) is 1.95. The third-order valence-corrected chi connectivity index (χ3v) is 2.25. The van der Waals surface area contributed by atoms with Crippen molar-refractivity contribution in [3.05, 3.63) is 34.7 Å². The first-order valence-corrected chi connectivity index (χ1v) is 4.89. The molecule has 0 atom stereocenters. The van der Waals surface area contributed by atoms with Crippen molar-refractivity contribution in [1.29, 1.82) is 0 Å². The summed E-state index contributed by atoms with van der Waals surface area (Å²) < 4.78 is 2.63. The maximum absolute atomic E-state index is 5.61. The number of rotatable bonds is 1. The van der Waals surface area contributed by atoms with Crippen LogP contribution in [0.2, 0.25) is 0 Å². The van der Waals surface area contributed by atoms with E-state index in [1.807, 2.05) is 19.2 Å². The molecule has 2 N–H and O–H groups in total. The smallest absolute Gasteiger partial charge is 0.156 e. The molecule has 0 unspecified atom stereocenters. The molecule has 4 nitrogen and oxygen atoms in total. The highest BCUT2D eigenvalue weighted by atomic mass is 79.9. The zero-order chi connectivity index (χ0) is 10.1. The van der Waals surface area contributed by atoms with Crippen molar-refractivity contribution in [1.82, 2.24) is 14.8 Å². The van der Waals surface area contributed by atoms with Gasteiger partial charge in [-0.2, -0.15) is 5.10 Å². The van der Waals surface area contributed by atoms with Crippen LogP contribution in [0.15, 0.2) is 29.1 Å². The van der Waals surface area contributed by atoms with Crippen LogP contribution in [-0.2, 0) is 0 Å². The molecule has 0 radical (unpaired) electrons. The van der Waals surface area contributed by atoms with Gasteiger partial charge in [-0.25, -0.2) is 9.67 Å². The van der Waals surface area contributed by atoms with Gasteiger partial charge >= 0.3 is 0 Å². The Kier molecular flexibility index (Phi) is 2.25. The number of nitrogen functional groups attached to an aromatic ring is 1. The van der Waals surface area contributed by atoms with Gasteiger partial charge in [0.25, 0.3) is 0 Å². The minimum absolute atomic E-state index is 0.664. The van der Waals surface area contributed by atoms with Gasteiger partial charge in [0.1, 0.15) is 0 Å². The fourth-order valence-corrected chi connectivity index (χ4v) is 1.53. The second-order valence-corrected chi connectivity index (χ2v) is 3.93. The van der Waals surface area contributed by atoms with Crippen molar-refractivity contribution in [2.75, 3.05) is 5.73 Å². The fourth-order valence-electron chi connectivity index (χ4n) is 1.25. The lowest BCUT2D eigenvalue weighted by molar-refractivity contribution is 0.838. The molecule has 14 heavy (non-hydrogen) atoms. The standard InChI is InChI=1S/C9H9BrN4/c1-6-2-8(11)4-12-9(6)14-5-7(10)3-13-14/h2-5H,11H2,1H3. The van der Waals surface area contributed by atoms with Gasteiger partial charge in [0.05, 0.1) is 22.6 Å². The molecule has 72 valence electrons.